The normalized spacial score (nSPS) is 23.9. The van der Waals surface area contributed by atoms with Crippen molar-refractivity contribution < 1.29 is 34.0 Å². The molecule has 0 radical (unpaired) electrons. The predicted octanol–water partition coefficient (Wildman–Crippen LogP) is 9.42. The average Bonchev–Trinajstić information content (AvgIpc) is 3.88. The van der Waals surface area contributed by atoms with Gasteiger partial charge in [-0.2, -0.15) is 0 Å². The summed E-state index contributed by atoms with van der Waals surface area (Å²) < 4.78 is 20.1. The Morgan fingerprint density at radius 1 is 0.723 bits per heavy atom. The van der Waals surface area contributed by atoms with Gasteiger partial charge in [0.2, 0.25) is 0 Å². The molecule has 0 unspecified atom stereocenters. The topological polar surface area (TPSA) is 104 Å². The molecule has 244 valence electrons. The minimum Gasteiger partial charge on any atom is -0.508 e. The van der Waals surface area contributed by atoms with Crippen LogP contribution in [0.4, 0.5) is 4.39 Å². The van der Waals surface area contributed by atoms with Gasteiger partial charge in [0.1, 0.15) is 23.1 Å². The maximum atomic E-state index is 12.3. The second-order valence-electron chi connectivity index (χ2n) is 13.1. The number of halogens is 3. The largest absolute Gasteiger partial charge is 0.508 e. The Labute approximate surface area is 289 Å². The Balaban J connectivity index is 0.000000138. The molecule has 4 aromatic rings. The van der Waals surface area contributed by atoms with Crippen molar-refractivity contribution in [3.05, 3.63) is 121 Å². The van der Waals surface area contributed by atoms with Gasteiger partial charge in [-0.1, -0.05) is 56.1 Å². The molecule has 2 saturated carbocycles. The van der Waals surface area contributed by atoms with Crippen LogP contribution in [0.1, 0.15) is 59.1 Å². The summed E-state index contributed by atoms with van der Waals surface area (Å²) in [6.07, 6.45) is 5.27. The first-order valence-corrected chi connectivity index (χ1v) is 17.2. The SMILES string of the molecule is Cc1ccc(F)cc1Br.Cc1ccc(Oc2ccc3c(c2)[C@]2(CC3)C[C@H]2C(=O)O)cc1Br.O=C(O)[C@@H]1C[C@]12CCc1ccc(O)cc12. The fourth-order valence-corrected chi connectivity index (χ4v) is 7.99. The molecule has 4 aromatic carbocycles. The van der Waals surface area contributed by atoms with E-state index in [-0.39, 0.29) is 34.2 Å². The zero-order valence-corrected chi connectivity index (χ0v) is 29.2. The van der Waals surface area contributed by atoms with E-state index >= 15 is 0 Å². The first kappa shape index (κ1) is 33.2. The fraction of sp³-hybridized carbons (Fsp3) is 0.316. The van der Waals surface area contributed by atoms with Gasteiger partial charge < -0.3 is 20.1 Å². The van der Waals surface area contributed by atoms with Crippen molar-refractivity contribution in [3.8, 4) is 17.2 Å². The van der Waals surface area contributed by atoms with Crippen LogP contribution < -0.4 is 4.74 Å². The monoisotopic (exact) mass is 764 g/mol. The highest BCUT2D eigenvalue weighted by atomic mass is 79.9. The quantitative estimate of drug-likeness (QED) is 0.191. The van der Waals surface area contributed by atoms with E-state index in [1.807, 2.05) is 50.2 Å². The number of carboxylic acids is 2. The van der Waals surface area contributed by atoms with E-state index in [9.17, 15) is 24.2 Å². The summed E-state index contributed by atoms with van der Waals surface area (Å²) in [6, 6.07) is 22.0. The van der Waals surface area contributed by atoms with E-state index in [1.165, 1.54) is 28.8 Å². The summed E-state index contributed by atoms with van der Waals surface area (Å²) in [6.45, 7) is 3.95. The third kappa shape index (κ3) is 6.57. The number of benzene rings is 4. The molecule has 4 atom stereocenters. The van der Waals surface area contributed by atoms with Gasteiger partial charge in [0.25, 0.3) is 0 Å². The highest BCUT2D eigenvalue weighted by Gasteiger charge is 2.62. The number of ether oxygens (including phenoxy) is 1. The van der Waals surface area contributed by atoms with Crippen LogP contribution in [0.5, 0.6) is 17.2 Å². The molecular weight excluding hydrogens is 731 g/mol. The molecule has 3 N–H and O–H groups in total. The number of hydrogen-bond acceptors (Lipinski definition) is 4. The van der Waals surface area contributed by atoms with E-state index in [0.29, 0.717) is 0 Å². The molecule has 6 nitrogen and oxygen atoms in total. The third-order valence-electron chi connectivity index (χ3n) is 10.2. The standard InChI is InChI=1S/C19H17BrO3.C12H12O3.C7H6BrF/c1-11-2-4-14(9-17(11)20)23-13-5-3-12-6-7-19(15(12)8-13)10-16(19)18(21)22;13-8-2-1-7-3-4-12(9(7)5-8)6-10(12)11(14)15;1-5-2-3-6(9)4-7(5)8/h2-5,8-9,16H,6-7,10H2,1H3,(H,21,22);1-2,5,10,13H,3-4,6H2,(H,14,15);2-4H,1H3/t16-,19-;10-,12-;/m00./s1. The molecule has 8 rings (SSSR count). The lowest BCUT2D eigenvalue weighted by atomic mass is 9.95. The van der Waals surface area contributed by atoms with Crippen molar-refractivity contribution in [1.82, 2.24) is 0 Å². The Kier molecular flexibility index (Phi) is 9.00. The zero-order valence-electron chi connectivity index (χ0n) is 26.0. The van der Waals surface area contributed by atoms with Crippen LogP contribution in [0.15, 0.2) is 81.7 Å². The summed E-state index contributed by atoms with van der Waals surface area (Å²) in [5.41, 5.74) is 6.63. The van der Waals surface area contributed by atoms with Gasteiger partial charge in [-0.05, 0) is 134 Å². The first-order chi connectivity index (χ1) is 22.3. The summed E-state index contributed by atoms with van der Waals surface area (Å²) in [5, 5.41) is 27.8. The number of fused-ring (bicyclic) bond motifs is 4. The smallest absolute Gasteiger partial charge is 0.307 e. The molecule has 9 heteroatoms. The number of aryl methyl sites for hydroxylation is 4. The molecule has 0 saturated heterocycles. The third-order valence-corrected chi connectivity index (χ3v) is 11.9. The van der Waals surface area contributed by atoms with Gasteiger partial charge in [-0.3, -0.25) is 9.59 Å². The summed E-state index contributed by atoms with van der Waals surface area (Å²) in [5.74, 6) is -0.249. The van der Waals surface area contributed by atoms with Crippen molar-refractivity contribution in [2.75, 3.05) is 0 Å². The van der Waals surface area contributed by atoms with E-state index in [2.05, 4.69) is 37.9 Å². The number of carbonyl (C=O) groups is 2. The first-order valence-electron chi connectivity index (χ1n) is 15.6. The van der Waals surface area contributed by atoms with Crippen LogP contribution >= 0.6 is 31.9 Å². The van der Waals surface area contributed by atoms with Crippen LogP contribution in [0, 0.1) is 31.5 Å². The van der Waals surface area contributed by atoms with Gasteiger partial charge in [-0.25, -0.2) is 4.39 Å². The lowest BCUT2D eigenvalue weighted by Crippen LogP contribution is -2.11. The molecule has 4 aliphatic carbocycles. The summed E-state index contributed by atoms with van der Waals surface area (Å²) >= 11 is 6.72. The Bertz CT molecular complexity index is 1890. The van der Waals surface area contributed by atoms with E-state index in [4.69, 9.17) is 9.84 Å². The van der Waals surface area contributed by atoms with Crippen molar-refractivity contribution in [2.45, 2.75) is 63.2 Å². The highest BCUT2D eigenvalue weighted by Crippen LogP contribution is 2.63. The molecule has 4 aliphatic rings. The maximum Gasteiger partial charge on any atom is 0.307 e. The van der Waals surface area contributed by atoms with Gasteiger partial charge >= 0.3 is 11.9 Å². The number of aliphatic carboxylic acids is 2. The molecule has 0 amide bonds. The zero-order chi connectivity index (χ0) is 33.7. The van der Waals surface area contributed by atoms with E-state index in [1.54, 1.807) is 18.2 Å². The molecule has 2 fully saturated rings. The number of hydrogen-bond donors (Lipinski definition) is 3. The molecular formula is C38H35Br2FO6. The molecule has 47 heavy (non-hydrogen) atoms. The Morgan fingerprint density at radius 2 is 1.21 bits per heavy atom. The Hall–Kier alpha value is -3.69. The second-order valence-corrected chi connectivity index (χ2v) is 14.8. The van der Waals surface area contributed by atoms with Crippen molar-refractivity contribution >= 4 is 43.8 Å². The molecule has 0 aliphatic heterocycles. The van der Waals surface area contributed by atoms with Gasteiger partial charge in [0.15, 0.2) is 0 Å². The Morgan fingerprint density at radius 3 is 1.72 bits per heavy atom. The van der Waals surface area contributed by atoms with Crippen molar-refractivity contribution in [2.24, 2.45) is 11.8 Å². The minimum atomic E-state index is -0.703. The van der Waals surface area contributed by atoms with E-state index < -0.39 is 11.9 Å². The van der Waals surface area contributed by atoms with Crippen molar-refractivity contribution in [1.29, 1.82) is 0 Å². The summed E-state index contributed by atoms with van der Waals surface area (Å²) in [7, 11) is 0. The molecule has 2 spiro atoms. The number of aromatic hydroxyl groups is 1. The van der Waals surface area contributed by atoms with Crippen LogP contribution in [-0.4, -0.2) is 27.3 Å². The van der Waals surface area contributed by atoms with Crippen molar-refractivity contribution in [3.63, 3.8) is 0 Å². The lowest BCUT2D eigenvalue weighted by molar-refractivity contribution is -0.140. The minimum absolute atomic E-state index is 0.144. The second kappa shape index (κ2) is 12.7. The molecule has 0 aromatic heterocycles. The van der Waals surface area contributed by atoms with Crippen LogP contribution in [0.2, 0.25) is 0 Å². The van der Waals surface area contributed by atoms with E-state index in [0.717, 1.165) is 75.7 Å². The van der Waals surface area contributed by atoms with Gasteiger partial charge in [0, 0.05) is 19.8 Å². The average molecular weight is 766 g/mol. The predicted molar refractivity (Wildman–Crippen MR) is 184 cm³/mol. The van der Waals surface area contributed by atoms with Crippen LogP contribution in [0.25, 0.3) is 0 Å². The lowest BCUT2D eigenvalue weighted by Gasteiger charge is -2.13. The van der Waals surface area contributed by atoms with Gasteiger partial charge in [0.05, 0.1) is 11.8 Å². The highest BCUT2D eigenvalue weighted by molar-refractivity contribution is 9.10. The molecule has 0 bridgehead atoms. The van der Waals surface area contributed by atoms with Gasteiger partial charge in [-0.15, -0.1) is 0 Å². The maximum absolute atomic E-state index is 12.3. The number of phenolic OH excluding ortho intramolecular Hbond substituents is 1. The van der Waals surface area contributed by atoms with Crippen LogP contribution in [-0.2, 0) is 33.3 Å². The number of phenols is 1. The number of carboxylic acid groups (broad SMARTS) is 2. The summed E-state index contributed by atoms with van der Waals surface area (Å²) in [4.78, 5) is 22.3. The fourth-order valence-electron chi connectivity index (χ4n) is 7.28. The number of rotatable bonds is 4. The van der Waals surface area contributed by atoms with Crippen LogP contribution in [0.3, 0.4) is 0 Å². The molecule has 0 heterocycles.